The molecule has 0 unspecified atom stereocenters. The van der Waals surface area contributed by atoms with E-state index in [9.17, 15) is 4.79 Å². The van der Waals surface area contributed by atoms with Crippen LogP contribution in [-0.2, 0) is 0 Å². The second-order valence-corrected chi connectivity index (χ2v) is 4.95. The number of thiophene rings is 1. The molecule has 2 aromatic rings. The highest BCUT2D eigenvalue weighted by atomic mass is 35.5. The monoisotopic (exact) mass is 270 g/mol. The Labute approximate surface area is 107 Å². The van der Waals surface area contributed by atoms with Crippen LogP contribution in [0.2, 0.25) is 5.02 Å². The third-order valence-electron chi connectivity index (χ3n) is 2.29. The predicted octanol–water partition coefficient (Wildman–Crippen LogP) is 1.86. The second-order valence-electron chi connectivity index (χ2n) is 3.46. The number of nitrogens with one attached hydrogen (secondary N) is 1. The van der Waals surface area contributed by atoms with Gasteiger partial charge < -0.3 is 16.2 Å². The summed E-state index contributed by atoms with van der Waals surface area (Å²) in [6.07, 6.45) is 0. The molecule has 1 amide bonds. The second kappa shape index (κ2) is 4.91. The van der Waals surface area contributed by atoms with Crippen molar-refractivity contribution in [1.29, 1.82) is 0 Å². The van der Waals surface area contributed by atoms with Crippen LogP contribution in [0.1, 0.15) is 9.67 Å². The van der Waals surface area contributed by atoms with Crippen molar-refractivity contribution >= 4 is 44.6 Å². The van der Waals surface area contributed by atoms with E-state index in [0.717, 1.165) is 10.1 Å². The first-order valence-corrected chi connectivity index (χ1v) is 6.19. The lowest BCUT2D eigenvalue weighted by atomic mass is 10.2. The molecule has 1 aromatic carbocycles. The molecule has 6 heteroatoms. The predicted molar refractivity (Wildman–Crippen MR) is 70.7 cm³/mol. The van der Waals surface area contributed by atoms with Crippen LogP contribution in [0.15, 0.2) is 18.2 Å². The molecule has 0 saturated carbocycles. The number of fused-ring (bicyclic) bond motifs is 1. The fourth-order valence-corrected chi connectivity index (χ4v) is 2.70. The molecule has 0 atom stereocenters. The van der Waals surface area contributed by atoms with Crippen LogP contribution in [0, 0.1) is 0 Å². The molecule has 17 heavy (non-hydrogen) atoms. The van der Waals surface area contributed by atoms with Crippen molar-refractivity contribution in [2.75, 3.05) is 18.9 Å². The molecule has 0 aliphatic carbocycles. The highest BCUT2D eigenvalue weighted by Gasteiger charge is 2.15. The zero-order valence-electron chi connectivity index (χ0n) is 8.87. The van der Waals surface area contributed by atoms with Gasteiger partial charge in [0.2, 0.25) is 0 Å². The molecule has 0 radical (unpaired) electrons. The maximum absolute atomic E-state index is 11.8. The molecule has 1 aromatic heterocycles. The van der Waals surface area contributed by atoms with E-state index < -0.39 is 0 Å². The minimum Gasteiger partial charge on any atom is -0.397 e. The zero-order chi connectivity index (χ0) is 12.4. The zero-order valence-corrected chi connectivity index (χ0v) is 10.4. The van der Waals surface area contributed by atoms with Crippen molar-refractivity contribution in [2.45, 2.75) is 0 Å². The van der Waals surface area contributed by atoms with E-state index in [2.05, 4.69) is 5.32 Å². The topological polar surface area (TPSA) is 75.4 Å². The summed E-state index contributed by atoms with van der Waals surface area (Å²) in [4.78, 5) is 12.2. The molecule has 4 nitrogen and oxygen atoms in total. The number of halogens is 1. The summed E-state index contributed by atoms with van der Waals surface area (Å²) in [6.45, 7) is 0.121. The van der Waals surface area contributed by atoms with Crippen LogP contribution in [0.5, 0.6) is 0 Å². The van der Waals surface area contributed by atoms with Crippen molar-refractivity contribution in [3.05, 3.63) is 28.1 Å². The largest absolute Gasteiger partial charge is 0.397 e. The quantitative estimate of drug-likeness (QED) is 0.797. The van der Waals surface area contributed by atoms with Gasteiger partial charge in [-0.1, -0.05) is 11.6 Å². The van der Waals surface area contributed by atoms with E-state index in [1.807, 2.05) is 6.07 Å². The molecule has 90 valence electrons. The van der Waals surface area contributed by atoms with Gasteiger partial charge in [-0.15, -0.1) is 11.3 Å². The standard InChI is InChI=1S/C11H11ClN2O2S/c12-6-1-2-8-7(5-6)9(13)10(17-8)11(16)14-3-4-15/h1-2,5,15H,3-4,13H2,(H,14,16). The Hall–Kier alpha value is -1.30. The smallest absolute Gasteiger partial charge is 0.263 e. The normalized spacial score (nSPS) is 10.7. The lowest BCUT2D eigenvalue weighted by molar-refractivity contribution is 0.0949. The summed E-state index contributed by atoms with van der Waals surface area (Å²) >= 11 is 7.19. The van der Waals surface area contributed by atoms with Gasteiger partial charge in [-0.3, -0.25) is 4.79 Å². The number of nitrogen functional groups attached to an aromatic ring is 1. The minimum absolute atomic E-state index is 0.0949. The fourth-order valence-electron chi connectivity index (χ4n) is 1.51. The van der Waals surface area contributed by atoms with Gasteiger partial charge in [0.05, 0.1) is 12.3 Å². The maximum Gasteiger partial charge on any atom is 0.263 e. The van der Waals surface area contributed by atoms with Gasteiger partial charge in [0.1, 0.15) is 4.88 Å². The Morgan fingerprint density at radius 1 is 1.53 bits per heavy atom. The van der Waals surface area contributed by atoms with Crippen LogP contribution in [0.4, 0.5) is 5.69 Å². The first-order chi connectivity index (χ1) is 8.13. The lowest BCUT2D eigenvalue weighted by Crippen LogP contribution is -2.26. The fraction of sp³-hybridized carbons (Fsp3) is 0.182. The van der Waals surface area contributed by atoms with Gasteiger partial charge in [0.15, 0.2) is 0 Å². The Bertz CT molecular complexity index is 568. The number of hydrogen-bond donors (Lipinski definition) is 3. The summed E-state index contributed by atoms with van der Waals surface area (Å²) in [5, 5.41) is 12.6. The van der Waals surface area contributed by atoms with Crippen molar-refractivity contribution in [3.63, 3.8) is 0 Å². The van der Waals surface area contributed by atoms with E-state index in [-0.39, 0.29) is 19.1 Å². The maximum atomic E-state index is 11.8. The van der Waals surface area contributed by atoms with E-state index >= 15 is 0 Å². The Morgan fingerprint density at radius 3 is 3.00 bits per heavy atom. The summed E-state index contributed by atoms with van der Waals surface area (Å²) in [6, 6.07) is 5.34. The van der Waals surface area contributed by atoms with E-state index in [1.54, 1.807) is 12.1 Å². The highest BCUT2D eigenvalue weighted by molar-refractivity contribution is 7.21. The Kier molecular flexibility index (Phi) is 3.51. The molecule has 0 bridgehead atoms. The average Bonchev–Trinajstić information content (AvgIpc) is 2.64. The Morgan fingerprint density at radius 2 is 2.29 bits per heavy atom. The van der Waals surface area contributed by atoms with Crippen molar-refractivity contribution in [2.24, 2.45) is 0 Å². The number of rotatable bonds is 3. The molecule has 0 saturated heterocycles. The molecule has 0 spiro atoms. The van der Waals surface area contributed by atoms with E-state index in [0.29, 0.717) is 15.6 Å². The van der Waals surface area contributed by atoms with E-state index in [4.69, 9.17) is 22.4 Å². The van der Waals surface area contributed by atoms with Crippen LogP contribution in [0.25, 0.3) is 10.1 Å². The summed E-state index contributed by atoms with van der Waals surface area (Å²) in [7, 11) is 0. The van der Waals surface area contributed by atoms with Crippen LogP contribution >= 0.6 is 22.9 Å². The van der Waals surface area contributed by atoms with Crippen molar-refractivity contribution < 1.29 is 9.90 Å². The van der Waals surface area contributed by atoms with Crippen LogP contribution < -0.4 is 11.1 Å². The first-order valence-electron chi connectivity index (χ1n) is 5.00. The number of aliphatic hydroxyl groups excluding tert-OH is 1. The van der Waals surface area contributed by atoms with Gasteiger partial charge in [0, 0.05) is 21.7 Å². The first kappa shape index (κ1) is 12.2. The molecular formula is C11H11ClN2O2S. The number of anilines is 1. The van der Waals surface area contributed by atoms with Gasteiger partial charge in [-0.25, -0.2) is 0 Å². The number of benzene rings is 1. The lowest BCUT2D eigenvalue weighted by Gasteiger charge is -2.01. The van der Waals surface area contributed by atoms with Gasteiger partial charge in [-0.05, 0) is 18.2 Å². The molecule has 4 N–H and O–H groups in total. The van der Waals surface area contributed by atoms with Crippen molar-refractivity contribution in [3.8, 4) is 0 Å². The van der Waals surface area contributed by atoms with E-state index in [1.165, 1.54) is 11.3 Å². The molecule has 1 heterocycles. The summed E-state index contributed by atoms with van der Waals surface area (Å²) in [5.74, 6) is -0.270. The highest BCUT2D eigenvalue weighted by Crippen LogP contribution is 2.35. The van der Waals surface area contributed by atoms with Gasteiger partial charge in [-0.2, -0.15) is 0 Å². The molecular weight excluding hydrogens is 260 g/mol. The average molecular weight is 271 g/mol. The number of carbonyl (C=O) groups is 1. The number of nitrogens with two attached hydrogens (primary N) is 1. The molecule has 2 rings (SSSR count). The van der Waals surface area contributed by atoms with Crippen molar-refractivity contribution in [1.82, 2.24) is 5.32 Å². The molecule has 0 aliphatic heterocycles. The molecule has 0 aliphatic rings. The van der Waals surface area contributed by atoms with Gasteiger partial charge >= 0.3 is 0 Å². The number of carbonyl (C=O) groups excluding carboxylic acids is 1. The number of hydrogen-bond acceptors (Lipinski definition) is 4. The SMILES string of the molecule is Nc1c(C(=O)NCCO)sc2ccc(Cl)cc12. The molecule has 0 fully saturated rings. The number of amides is 1. The summed E-state index contributed by atoms with van der Waals surface area (Å²) in [5.41, 5.74) is 6.34. The van der Waals surface area contributed by atoms with Gasteiger partial charge in [0.25, 0.3) is 5.91 Å². The third-order valence-corrected chi connectivity index (χ3v) is 3.71. The van der Waals surface area contributed by atoms with Crippen LogP contribution in [0.3, 0.4) is 0 Å². The Balaban J connectivity index is 2.42. The number of aliphatic hydroxyl groups is 1. The third kappa shape index (κ3) is 2.36. The minimum atomic E-state index is -0.270. The van der Waals surface area contributed by atoms with Crippen LogP contribution in [-0.4, -0.2) is 24.2 Å². The summed E-state index contributed by atoms with van der Waals surface area (Å²) < 4.78 is 0.918.